The maximum absolute atomic E-state index is 12.7. The van der Waals surface area contributed by atoms with Crippen molar-refractivity contribution in [3.63, 3.8) is 0 Å². The third kappa shape index (κ3) is 4.96. The number of nitrogens with one attached hydrogen (secondary N) is 1. The predicted octanol–water partition coefficient (Wildman–Crippen LogP) is 4.48. The van der Waals surface area contributed by atoms with Crippen molar-refractivity contribution in [2.45, 2.75) is 13.5 Å². The molecule has 31 heavy (non-hydrogen) atoms. The Labute approximate surface area is 181 Å². The van der Waals surface area contributed by atoms with Crippen LogP contribution in [0.25, 0.3) is 16.8 Å². The normalized spacial score (nSPS) is 11.0. The number of carbonyl (C=O) groups is 1. The average molecular weight is 416 g/mol. The second-order valence-corrected chi connectivity index (χ2v) is 6.66. The molecule has 0 bridgehead atoms. The first kappa shape index (κ1) is 21.7. The molecule has 0 saturated heterocycles. The van der Waals surface area contributed by atoms with Crippen molar-refractivity contribution >= 4 is 22.8 Å². The lowest BCUT2D eigenvalue weighted by molar-refractivity contribution is -0.117. The van der Waals surface area contributed by atoms with E-state index in [4.69, 9.17) is 14.2 Å². The molecule has 0 aliphatic carbocycles. The molecule has 0 atom stereocenters. The molecule has 0 spiro atoms. The van der Waals surface area contributed by atoms with Gasteiger partial charge < -0.3 is 19.5 Å². The summed E-state index contributed by atoms with van der Waals surface area (Å²) in [7, 11) is 3.13. The number of nitrogens with zero attached hydrogens (tertiary/aromatic N) is 1. The van der Waals surface area contributed by atoms with E-state index >= 15 is 0 Å². The Kier molecular flexibility index (Phi) is 7.13. The van der Waals surface area contributed by atoms with E-state index in [0.717, 1.165) is 27.6 Å². The number of ether oxygens (including phenoxy) is 3. The summed E-state index contributed by atoms with van der Waals surface area (Å²) in [6, 6.07) is 18.8. The molecule has 3 aromatic carbocycles. The van der Waals surface area contributed by atoms with Crippen molar-refractivity contribution < 1.29 is 19.0 Å². The van der Waals surface area contributed by atoms with Gasteiger partial charge in [-0.2, -0.15) is 5.26 Å². The Morgan fingerprint density at radius 1 is 1.03 bits per heavy atom. The Bertz CT molecular complexity index is 1160. The summed E-state index contributed by atoms with van der Waals surface area (Å²) in [5.74, 6) is 1.56. The van der Waals surface area contributed by atoms with Crippen LogP contribution in [-0.4, -0.2) is 26.7 Å². The number of methoxy groups -OCH3 is 2. The quantitative estimate of drug-likeness (QED) is 0.433. The first-order valence-electron chi connectivity index (χ1n) is 9.86. The molecule has 0 saturated carbocycles. The number of hydrogen-bond acceptors (Lipinski definition) is 5. The number of nitriles is 1. The number of carbonyl (C=O) groups excluding carboxylic acids is 1. The standard InChI is InChI=1S/C25H24N2O4/c1-4-31-23-12-10-17(21-7-5-6-8-22(21)23)13-19(15-26)25(28)27-16-18-9-11-20(29-2)14-24(18)30-3/h5-14H,4,16H2,1-3H3,(H,27,28)/b19-13+. The van der Waals surface area contributed by atoms with E-state index in [-0.39, 0.29) is 12.1 Å². The van der Waals surface area contributed by atoms with Gasteiger partial charge in [0, 0.05) is 23.6 Å². The van der Waals surface area contributed by atoms with Gasteiger partial charge in [-0.1, -0.05) is 30.3 Å². The molecule has 1 N–H and O–H groups in total. The number of hydrogen-bond donors (Lipinski definition) is 1. The predicted molar refractivity (Wildman–Crippen MR) is 120 cm³/mol. The summed E-state index contributed by atoms with van der Waals surface area (Å²) in [5.41, 5.74) is 1.56. The van der Waals surface area contributed by atoms with Gasteiger partial charge in [0.15, 0.2) is 0 Å². The minimum Gasteiger partial charge on any atom is -0.497 e. The second-order valence-electron chi connectivity index (χ2n) is 6.66. The van der Waals surface area contributed by atoms with Crippen LogP contribution in [0.3, 0.4) is 0 Å². The average Bonchev–Trinajstić information content (AvgIpc) is 2.82. The van der Waals surface area contributed by atoms with Gasteiger partial charge in [-0.25, -0.2) is 0 Å². The van der Waals surface area contributed by atoms with Gasteiger partial charge in [0.2, 0.25) is 0 Å². The Balaban J connectivity index is 1.85. The number of fused-ring (bicyclic) bond motifs is 1. The molecule has 3 aromatic rings. The van der Waals surface area contributed by atoms with E-state index in [0.29, 0.717) is 18.1 Å². The summed E-state index contributed by atoms with van der Waals surface area (Å²) < 4.78 is 16.2. The highest BCUT2D eigenvalue weighted by atomic mass is 16.5. The first-order valence-corrected chi connectivity index (χ1v) is 9.86. The lowest BCUT2D eigenvalue weighted by Crippen LogP contribution is -2.24. The Hall–Kier alpha value is -3.98. The van der Waals surface area contributed by atoms with Crippen LogP contribution in [0.1, 0.15) is 18.1 Å². The summed E-state index contributed by atoms with van der Waals surface area (Å²) in [5, 5.41) is 14.2. The first-order chi connectivity index (χ1) is 15.1. The fourth-order valence-electron chi connectivity index (χ4n) is 3.27. The molecular weight excluding hydrogens is 392 g/mol. The fourth-order valence-corrected chi connectivity index (χ4v) is 3.27. The van der Waals surface area contributed by atoms with Crippen LogP contribution in [0.4, 0.5) is 0 Å². The van der Waals surface area contributed by atoms with Crippen LogP contribution in [0, 0.1) is 11.3 Å². The van der Waals surface area contributed by atoms with Gasteiger partial charge in [0.1, 0.15) is 28.9 Å². The number of benzene rings is 3. The molecular formula is C25H24N2O4. The van der Waals surface area contributed by atoms with Gasteiger partial charge in [0.25, 0.3) is 5.91 Å². The van der Waals surface area contributed by atoms with Crippen molar-refractivity contribution in [1.29, 1.82) is 5.26 Å². The van der Waals surface area contributed by atoms with Gasteiger partial charge in [-0.05, 0) is 42.1 Å². The molecule has 6 heteroatoms. The molecule has 0 heterocycles. The van der Waals surface area contributed by atoms with E-state index in [9.17, 15) is 10.1 Å². The summed E-state index contributed by atoms with van der Waals surface area (Å²) in [6.07, 6.45) is 1.60. The van der Waals surface area contributed by atoms with E-state index in [1.54, 1.807) is 32.4 Å². The summed E-state index contributed by atoms with van der Waals surface area (Å²) >= 11 is 0. The topological polar surface area (TPSA) is 80.6 Å². The van der Waals surface area contributed by atoms with Gasteiger partial charge >= 0.3 is 0 Å². The van der Waals surface area contributed by atoms with Crippen LogP contribution in [0.5, 0.6) is 17.2 Å². The Morgan fingerprint density at radius 2 is 1.81 bits per heavy atom. The Morgan fingerprint density at radius 3 is 2.48 bits per heavy atom. The van der Waals surface area contributed by atoms with Crippen LogP contribution in [-0.2, 0) is 11.3 Å². The maximum Gasteiger partial charge on any atom is 0.262 e. The number of amides is 1. The van der Waals surface area contributed by atoms with Crippen molar-refractivity contribution in [2.24, 2.45) is 0 Å². The van der Waals surface area contributed by atoms with Crippen LogP contribution >= 0.6 is 0 Å². The number of rotatable bonds is 8. The minimum absolute atomic E-state index is 0.0155. The second kappa shape index (κ2) is 10.2. The minimum atomic E-state index is -0.460. The zero-order valence-electron chi connectivity index (χ0n) is 17.8. The molecule has 158 valence electrons. The van der Waals surface area contributed by atoms with Crippen molar-refractivity contribution in [3.05, 3.63) is 71.3 Å². The molecule has 6 nitrogen and oxygen atoms in total. The van der Waals surface area contributed by atoms with Gasteiger partial charge in [-0.15, -0.1) is 0 Å². The third-order valence-electron chi connectivity index (χ3n) is 4.82. The molecule has 0 aliphatic rings. The highest BCUT2D eigenvalue weighted by Crippen LogP contribution is 2.30. The molecule has 3 rings (SSSR count). The third-order valence-corrected chi connectivity index (χ3v) is 4.82. The van der Waals surface area contributed by atoms with Crippen molar-refractivity contribution in [2.75, 3.05) is 20.8 Å². The lowest BCUT2D eigenvalue weighted by atomic mass is 10.0. The van der Waals surface area contributed by atoms with Crippen LogP contribution in [0.2, 0.25) is 0 Å². The highest BCUT2D eigenvalue weighted by molar-refractivity contribution is 6.04. The van der Waals surface area contributed by atoms with Crippen molar-refractivity contribution in [1.82, 2.24) is 5.32 Å². The molecule has 0 aliphatic heterocycles. The zero-order valence-corrected chi connectivity index (χ0v) is 17.8. The summed E-state index contributed by atoms with van der Waals surface area (Å²) in [4.78, 5) is 12.7. The van der Waals surface area contributed by atoms with E-state index in [1.807, 2.05) is 55.5 Å². The van der Waals surface area contributed by atoms with Crippen LogP contribution < -0.4 is 19.5 Å². The largest absolute Gasteiger partial charge is 0.497 e. The monoisotopic (exact) mass is 416 g/mol. The molecule has 0 aromatic heterocycles. The van der Waals surface area contributed by atoms with Gasteiger partial charge in [-0.3, -0.25) is 4.79 Å². The van der Waals surface area contributed by atoms with E-state index < -0.39 is 5.91 Å². The van der Waals surface area contributed by atoms with Gasteiger partial charge in [0.05, 0.1) is 20.8 Å². The zero-order chi connectivity index (χ0) is 22.2. The van der Waals surface area contributed by atoms with Crippen LogP contribution in [0.15, 0.2) is 60.2 Å². The molecule has 0 fully saturated rings. The fraction of sp³-hybridized carbons (Fsp3) is 0.200. The van der Waals surface area contributed by atoms with Crippen molar-refractivity contribution in [3.8, 4) is 23.3 Å². The molecule has 1 amide bonds. The smallest absolute Gasteiger partial charge is 0.262 e. The maximum atomic E-state index is 12.7. The molecule has 0 unspecified atom stereocenters. The molecule has 0 radical (unpaired) electrons. The summed E-state index contributed by atoms with van der Waals surface area (Å²) in [6.45, 7) is 2.70. The van der Waals surface area contributed by atoms with E-state index in [1.165, 1.54) is 0 Å². The SMILES string of the molecule is CCOc1ccc(/C=C(\C#N)C(=O)NCc2ccc(OC)cc2OC)c2ccccc12. The lowest BCUT2D eigenvalue weighted by Gasteiger charge is -2.12. The van der Waals surface area contributed by atoms with E-state index in [2.05, 4.69) is 5.32 Å². The highest BCUT2D eigenvalue weighted by Gasteiger charge is 2.13.